The lowest BCUT2D eigenvalue weighted by molar-refractivity contribution is -0.121. The highest BCUT2D eigenvalue weighted by molar-refractivity contribution is 9.11. The van der Waals surface area contributed by atoms with E-state index >= 15 is 0 Å². The van der Waals surface area contributed by atoms with Gasteiger partial charge < -0.3 is 0 Å². The van der Waals surface area contributed by atoms with Gasteiger partial charge in [-0.3, -0.25) is 9.59 Å². The third kappa shape index (κ3) is 2.77. The van der Waals surface area contributed by atoms with E-state index in [4.69, 9.17) is 0 Å². The minimum absolute atomic E-state index is 0.00891. The molecular weight excluding hydrogens is 343 g/mol. The average Bonchev–Trinajstić information content (AvgIpc) is 2.26. The fourth-order valence-corrected chi connectivity index (χ4v) is 2.57. The zero-order chi connectivity index (χ0) is 12.3. The zero-order valence-electron chi connectivity index (χ0n) is 8.47. The van der Waals surface area contributed by atoms with E-state index in [0.29, 0.717) is 8.95 Å². The number of rotatable bonds is 4. The van der Waals surface area contributed by atoms with Gasteiger partial charge in [-0.05, 0) is 12.1 Å². The van der Waals surface area contributed by atoms with Crippen molar-refractivity contribution in [2.75, 3.05) is 0 Å². The first-order valence-corrected chi connectivity index (χ1v) is 6.22. The zero-order valence-corrected chi connectivity index (χ0v) is 11.6. The molecule has 5 heteroatoms. The van der Waals surface area contributed by atoms with Crippen LogP contribution in [0.1, 0.15) is 23.7 Å². The first-order chi connectivity index (χ1) is 7.49. The first kappa shape index (κ1) is 13.5. The minimum Gasteiger partial charge on any atom is -0.296 e. The molecule has 0 radical (unpaired) electrons. The van der Waals surface area contributed by atoms with Crippen LogP contribution in [0.15, 0.2) is 27.1 Å². The van der Waals surface area contributed by atoms with E-state index in [2.05, 4.69) is 31.9 Å². The summed E-state index contributed by atoms with van der Waals surface area (Å²) in [5.41, 5.74) is 0.164. The maximum Gasteiger partial charge on any atom is 0.220 e. The van der Waals surface area contributed by atoms with Gasteiger partial charge in [0.15, 0.2) is 5.78 Å². The van der Waals surface area contributed by atoms with Crippen LogP contribution in [0.25, 0.3) is 0 Å². The molecule has 2 nitrogen and oxygen atoms in total. The highest BCUT2D eigenvalue weighted by Gasteiger charge is 2.28. The third-order valence-corrected chi connectivity index (χ3v) is 3.39. The molecule has 1 aromatic carbocycles. The van der Waals surface area contributed by atoms with Crippen LogP contribution in [0.5, 0.6) is 0 Å². The molecule has 0 amide bonds. The van der Waals surface area contributed by atoms with E-state index in [0.717, 1.165) is 0 Å². The van der Waals surface area contributed by atoms with Gasteiger partial charge in [0.25, 0.3) is 0 Å². The average molecular weight is 352 g/mol. The summed E-state index contributed by atoms with van der Waals surface area (Å²) in [6, 6.07) is 4.96. The summed E-state index contributed by atoms with van der Waals surface area (Å²) >= 11 is 6.32. The van der Waals surface area contributed by atoms with Gasteiger partial charge >= 0.3 is 0 Å². The Balaban J connectivity index is 3.10. The van der Waals surface area contributed by atoms with E-state index in [-0.39, 0.29) is 12.0 Å². The van der Waals surface area contributed by atoms with Crippen molar-refractivity contribution in [3.8, 4) is 0 Å². The lowest BCUT2D eigenvalue weighted by atomic mass is 10.0. The van der Waals surface area contributed by atoms with Crippen molar-refractivity contribution < 1.29 is 14.0 Å². The van der Waals surface area contributed by atoms with E-state index in [1.807, 2.05) is 0 Å². The predicted octanol–water partition coefficient (Wildman–Crippen LogP) is 3.71. The van der Waals surface area contributed by atoms with Gasteiger partial charge in [0.2, 0.25) is 12.0 Å². The van der Waals surface area contributed by atoms with Crippen LogP contribution in [0.2, 0.25) is 0 Å². The van der Waals surface area contributed by atoms with Crippen molar-refractivity contribution in [3.63, 3.8) is 0 Å². The Morgan fingerprint density at radius 1 is 1.31 bits per heavy atom. The van der Waals surface area contributed by atoms with Crippen LogP contribution >= 0.6 is 31.9 Å². The van der Waals surface area contributed by atoms with Crippen molar-refractivity contribution >= 4 is 43.4 Å². The molecule has 0 spiro atoms. The Morgan fingerprint density at radius 2 is 1.81 bits per heavy atom. The molecule has 86 valence electrons. The second-order valence-corrected chi connectivity index (χ2v) is 4.85. The SMILES string of the molecule is CCC(=O)C(F)C(=O)c1c(Br)cccc1Br. The standard InChI is InChI=1S/C11H9Br2FO2/c1-2-8(15)10(14)11(16)9-6(12)4-3-5-7(9)13/h3-5,10H,2H2,1H3. The number of Topliss-reactive ketones (excluding diaryl/α,β-unsaturated/α-hetero) is 2. The van der Waals surface area contributed by atoms with E-state index in [1.165, 1.54) is 6.92 Å². The maximum absolute atomic E-state index is 13.5. The van der Waals surface area contributed by atoms with Crippen LogP contribution in [0.3, 0.4) is 0 Å². The number of alkyl halides is 1. The lowest BCUT2D eigenvalue weighted by Gasteiger charge is -2.08. The normalized spacial score (nSPS) is 12.2. The topological polar surface area (TPSA) is 34.1 Å². The third-order valence-electron chi connectivity index (χ3n) is 2.07. The fourth-order valence-electron chi connectivity index (χ4n) is 1.19. The molecule has 1 atom stereocenters. The van der Waals surface area contributed by atoms with E-state index in [9.17, 15) is 14.0 Å². The van der Waals surface area contributed by atoms with Crippen molar-refractivity contribution in [2.24, 2.45) is 0 Å². The molecule has 1 unspecified atom stereocenters. The molecule has 0 bridgehead atoms. The van der Waals surface area contributed by atoms with Gasteiger partial charge in [-0.1, -0.05) is 44.8 Å². The van der Waals surface area contributed by atoms with Crippen LogP contribution in [0, 0.1) is 0 Å². The number of benzene rings is 1. The van der Waals surface area contributed by atoms with Gasteiger partial charge in [-0.2, -0.15) is 0 Å². The number of halogens is 3. The quantitative estimate of drug-likeness (QED) is 0.612. The van der Waals surface area contributed by atoms with Crippen molar-refractivity contribution in [1.29, 1.82) is 0 Å². The highest BCUT2D eigenvalue weighted by Crippen LogP contribution is 2.27. The summed E-state index contributed by atoms with van der Waals surface area (Å²) < 4.78 is 14.4. The van der Waals surface area contributed by atoms with Gasteiger partial charge in [0, 0.05) is 20.9 Å². The van der Waals surface area contributed by atoms with E-state index in [1.54, 1.807) is 18.2 Å². The summed E-state index contributed by atoms with van der Waals surface area (Å²) in [4.78, 5) is 22.9. The molecule has 0 saturated heterocycles. The van der Waals surface area contributed by atoms with Crippen molar-refractivity contribution in [3.05, 3.63) is 32.7 Å². The Kier molecular flexibility index (Phi) is 4.80. The molecule has 0 heterocycles. The van der Waals surface area contributed by atoms with Crippen LogP contribution in [-0.2, 0) is 4.79 Å². The molecule has 1 rings (SSSR count). The summed E-state index contributed by atoms with van der Waals surface area (Å²) in [6.45, 7) is 1.53. The van der Waals surface area contributed by atoms with Crippen molar-refractivity contribution in [2.45, 2.75) is 19.5 Å². The minimum atomic E-state index is -2.08. The molecule has 0 aliphatic heterocycles. The predicted molar refractivity (Wildman–Crippen MR) is 66.4 cm³/mol. The molecule has 1 aromatic rings. The summed E-state index contributed by atoms with van der Waals surface area (Å²) in [5, 5.41) is 0. The van der Waals surface area contributed by atoms with Gasteiger partial charge in [-0.15, -0.1) is 0 Å². The van der Waals surface area contributed by atoms with Crippen LogP contribution in [0.4, 0.5) is 4.39 Å². The number of carbonyl (C=O) groups is 2. The Morgan fingerprint density at radius 3 is 2.25 bits per heavy atom. The largest absolute Gasteiger partial charge is 0.296 e. The van der Waals surface area contributed by atoms with Crippen LogP contribution in [-0.4, -0.2) is 17.7 Å². The second kappa shape index (κ2) is 5.68. The van der Waals surface area contributed by atoms with E-state index < -0.39 is 17.7 Å². The smallest absolute Gasteiger partial charge is 0.220 e. The molecular formula is C11H9Br2FO2. The molecule has 0 saturated carbocycles. The Bertz CT molecular complexity index is 412. The number of hydrogen-bond acceptors (Lipinski definition) is 2. The van der Waals surface area contributed by atoms with Crippen LogP contribution < -0.4 is 0 Å². The van der Waals surface area contributed by atoms with Crippen molar-refractivity contribution in [1.82, 2.24) is 0 Å². The monoisotopic (exact) mass is 350 g/mol. The number of ketones is 2. The molecule has 0 N–H and O–H groups in total. The summed E-state index contributed by atoms with van der Waals surface area (Å²) in [7, 11) is 0. The van der Waals surface area contributed by atoms with Gasteiger partial charge in [-0.25, -0.2) is 4.39 Å². The lowest BCUT2D eigenvalue weighted by Crippen LogP contribution is -2.25. The Labute approximate surface area is 109 Å². The summed E-state index contributed by atoms with van der Waals surface area (Å²) in [6.07, 6.45) is -2.07. The first-order valence-electron chi connectivity index (χ1n) is 4.64. The highest BCUT2D eigenvalue weighted by atomic mass is 79.9. The Hall–Kier alpha value is -0.550. The molecule has 0 aliphatic carbocycles. The van der Waals surface area contributed by atoms with Gasteiger partial charge in [0.1, 0.15) is 0 Å². The summed E-state index contributed by atoms with van der Waals surface area (Å²) in [5.74, 6) is -1.51. The fraction of sp³-hybridized carbons (Fsp3) is 0.273. The second-order valence-electron chi connectivity index (χ2n) is 3.14. The van der Waals surface area contributed by atoms with Gasteiger partial charge in [0.05, 0.1) is 0 Å². The molecule has 0 fully saturated rings. The number of carbonyl (C=O) groups excluding carboxylic acids is 2. The molecule has 16 heavy (non-hydrogen) atoms. The maximum atomic E-state index is 13.5. The number of hydrogen-bond donors (Lipinski definition) is 0. The molecule has 0 aliphatic rings. The molecule has 0 aromatic heterocycles.